The number of nitrogens with one attached hydrogen (secondary N) is 3. The minimum Gasteiger partial charge on any atom is -0.446 e. The van der Waals surface area contributed by atoms with E-state index in [2.05, 4.69) is 21.9 Å². The summed E-state index contributed by atoms with van der Waals surface area (Å²) in [6.45, 7) is 10.5. The molecule has 3 aliphatic rings. The molecule has 0 radical (unpaired) electrons. The third-order valence-electron chi connectivity index (χ3n) is 7.53. The summed E-state index contributed by atoms with van der Waals surface area (Å²) in [5, 5.41) is 4.58. The second-order valence-electron chi connectivity index (χ2n) is 10.9. The Morgan fingerprint density at radius 1 is 1.05 bits per heavy atom. The summed E-state index contributed by atoms with van der Waals surface area (Å²) in [7, 11) is -3.89. The van der Waals surface area contributed by atoms with Gasteiger partial charge in [-0.25, -0.2) is 13.2 Å². The lowest BCUT2D eigenvalue weighted by Crippen LogP contribution is -2.59. The molecule has 0 aromatic carbocycles. The first-order valence-electron chi connectivity index (χ1n) is 13.1. The molecule has 2 unspecified atom stereocenters. The Bertz CT molecular complexity index is 1020. The monoisotopic (exact) mass is 540 g/mol. The van der Waals surface area contributed by atoms with Crippen LogP contribution in [-0.4, -0.2) is 72.7 Å². The van der Waals surface area contributed by atoms with Gasteiger partial charge in [0.25, 0.3) is 5.91 Å². The van der Waals surface area contributed by atoms with Crippen molar-refractivity contribution in [1.29, 1.82) is 0 Å². The summed E-state index contributed by atoms with van der Waals surface area (Å²) < 4.78 is 32.0. The van der Waals surface area contributed by atoms with Crippen LogP contribution in [0.4, 0.5) is 4.79 Å². The molecule has 12 heteroatoms. The Kier molecular flexibility index (Phi) is 8.92. The minimum atomic E-state index is -3.89. The van der Waals surface area contributed by atoms with Crippen molar-refractivity contribution < 1.29 is 32.3 Å². The number of likely N-dealkylation sites (tertiary alicyclic amines) is 1. The molecule has 2 saturated carbocycles. The molecule has 0 aromatic heterocycles. The van der Waals surface area contributed by atoms with Crippen molar-refractivity contribution in [3.05, 3.63) is 12.7 Å². The van der Waals surface area contributed by atoms with Gasteiger partial charge in [-0.1, -0.05) is 19.9 Å². The normalized spacial score (nSPS) is 26.6. The van der Waals surface area contributed by atoms with Crippen molar-refractivity contribution in [2.24, 2.45) is 11.8 Å². The summed E-state index contributed by atoms with van der Waals surface area (Å²) in [5.41, 5.74) is -1.43. The number of hydrogen-bond acceptors (Lipinski definition) is 7. The topological polar surface area (TPSA) is 151 Å². The maximum Gasteiger partial charge on any atom is 0.408 e. The lowest BCUT2D eigenvalue weighted by atomic mass is 10.0. The number of carbonyl (C=O) groups is 4. The Hall–Kier alpha value is -2.63. The minimum absolute atomic E-state index is 0.147. The molecular formula is C25H40N4O7S. The van der Waals surface area contributed by atoms with Gasteiger partial charge >= 0.3 is 6.09 Å². The Balaban J connectivity index is 1.69. The van der Waals surface area contributed by atoms with Crippen LogP contribution in [0.15, 0.2) is 12.7 Å². The molecule has 1 aliphatic heterocycles. The maximum absolute atomic E-state index is 13.5. The predicted molar refractivity (Wildman–Crippen MR) is 137 cm³/mol. The molecule has 37 heavy (non-hydrogen) atoms. The standard InChI is InChI=1S/C25H40N4O7S/c1-6-17-14-25(17,23(32)28-37(34,35)16(4)5)27-21(30)19-12-9-13-29(19)22(31)20(15(2)3)26-24(33)36-18-10-7-8-11-18/h6,15-20H,1,7-14H2,2-5H3,(H,26,33)(H,27,30)(H,28,32)/t17?,19-,20-,25?/m0/s1. The van der Waals surface area contributed by atoms with E-state index in [0.717, 1.165) is 25.7 Å². The smallest absolute Gasteiger partial charge is 0.408 e. The van der Waals surface area contributed by atoms with Crippen LogP contribution in [0.3, 0.4) is 0 Å². The molecule has 3 fully saturated rings. The van der Waals surface area contributed by atoms with Gasteiger partial charge in [-0.2, -0.15) is 0 Å². The fourth-order valence-corrected chi connectivity index (χ4v) is 5.67. The molecule has 3 rings (SSSR count). The van der Waals surface area contributed by atoms with Crippen molar-refractivity contribution in [3.63, 3.8) is 0 Å². The first kappa shape index (κ1) is 28.9. The molecule has 11 nitrogen and oxygen atoms in total. The van der Waals surface area contributed by atoms with Crippen LogP contribution in [0, 0.1) is 11.8 Å². The van der Waals surface area contributed by atoms with Gasteiger partial charge in [0.05, 0.1) is 5.25 Å². The van der Waals surface area contributed by atoms with Gasteiger partial charge in [0, 0.05) is 12.5 Å². The van der Waals surface area contributed by atoms with Gasteiger partial charge < -0.3 is 20.3 Å². The van der Waals surface area contributed by atoms with Crippen molar-refractivity contribution in [3.8, 4) is 0 Å². The summed E-state index contributed by atoms with van der Waals surface area (Å²) in [6, 6.07) is -1.73. The number of rotatable bonds is 10. The van der Waals surface area contributed by atoms with E-state index >= 15 is 0 Å². The highest BCUT2D eigenvalue weighted by Gasteiger charge is 2.61. The quantitative estimate of drug-likeness (QED) is 0.356. The van der Waals surface area contributed by atoms with Crippen molar-refractivity contribution in [2.75, 3.05) is 6.54 Å². The molecule has 2 aliphatic carbocycles. The van der Waals surface area contributed by atoms with E-state index in [0.29, 0.717) is 19.4 Å². The highest BCUT2D eigenvalue weighted by Crippen LogP contribution is 2.45. The van der Waals surface area contributed by atoms with Crippen LogP contribution >= 0.6 is 0 Å². The summed E-state index contributed by atoms with van der Waals surface area (Å²) in [6.07, 6.45) is 5.51. The average molecular weight is 541 g/mol. The Labute approximate surface area is 219 Å². The Morgan fingerprint density at radius 3 is 2.24 bits per heavy atom. The van der Waals surface area contributed by atoms with Gasteiger partial charge in [0.15, 0.2) is 0 Å². The van der Waals surface area contributed by atoms with Gasteiger partial charge in [0.1, 0.15) is 23.7 Å². The fraction of sp³-hybridized carbons (Fsp3) is 0.760. The molecule has 208 valence electrons. The molecule has 0 aromatic rings. The summed E-state index contributed by atoms with van der Waals surface area (Å²) >= 11 is 0. The molecule has 3 N–H and O–H groups in total. The zero-order chi connectivity index (χ0) is 27.5. The van der Waals surface area contributed by atoms with E-state index in [1.165, 1.54) is 24.8 Å². The van der Waals surface area contributed by atoms with Crippen molar-refractivity contribution in [2.45, 2.75) is 102 Å². The van der Waals surface area contributed by atoms with Crippen molar-refractivity contribution in [1.82, 2.24) is 20.3 Å². The van der Waals surface area contributed by atoms with E-state index in [1.807, 2.05) is 0 Å². The number of amides is 4. The van der Waals surface area contributed by atoms with Crippen LogP contribution in [0.2, 0.25) is 0 Å². The molecule has 0 bridgehead atoms. The predicted octanol–water partition coefficient (Wildman–Crippen LogP) is 1.59. The van der Waals surface area contributed by atoms with Gasteiger partial charge in [-0.15, -0.1) is 6.58 Å². The fourth-order valence-electron chi connectivity index (χ4n) is 4.99. The lowest BCUT2D eigenvalue weighted by molar-refractivity contribution is -0.141. The first-order chi connectivity index (χ1) is 17.3. The number of hydrogen-bond donors (Lipinski definition) is 3. The number of sulfonamides is 1. The molecule has 1 saturated heterocycles. The van der Waals surface area contributed by atoms with Gasteiger partial charge in [0.2, 0.25) is 21.8 Å². The number of alkyl carbamates (subject to hydrolysis) is 1. The number of ether oxygens (including phenoxy) is 1. The van der Waals surface area contributed by atoms with E-state index < -0.39 is 62.6 Å². The lowest BCUT2D eigenvalue weighted by Gasteiger charge is -2.31. The van der Waals surface area contributed by atoms with Crippen LogP contribution in [0.5, 0.6) is 0 Å². The zero-order valence-corrected chi connectivity index (χ0v) is 22.9. The molecule has 0 spiro atoms. The van der Waals surface area contributed by atoms with Gasteiger partial charge in [-0.05, 0) is 64.7 Å². The summed E-state index contributed by atoms with van der Waals surface area (Å²) in [4.78, 5) is 53.7. The van der Waals surface area contributed by atoms with E-state index in [-0.39, 0.29) is 18.4 Å². The van der Waals surface area contributed by atoms with Crippen LogP contribution in [0.25, 0.3) is 0 Å². The maximum atomic E-state index is 13.5. The highest BCUT2D eigenvalue weighted by atomic mass is 32.2. The molecular weight excluding hydrogens is 500 g/mol. The van der Waals surface area contributed by atoms with Crippen LogP contribution < -0.4 is 15.4 Å². The average Bonchev–Trinajstić information content (AvgIpc) is 3.16. The van der Waals surface area contributed by atoms with E-state index in [1.54, 1.807) is 13.8 Å². The SMILES string of the molecule is C=CC1CC1(NC(=O)[C@@H]1CCCN1C(=O)[C@@H](NC(=O)OC1CCCC1)C(C)C)C(=O)NS(=O)(=O)C(C)C. The molecule has 4 amide bonds. The molecule has 1 heterocycles. The number of carbonyl (C=O) groups excluding carboxylic acids is 4. The van der Waals surface area contributed by atoms with Crippen LogP contribution in [-0.2, 0) is 29.1 Å². The third kappa shape index (κ3) is 6.45. The summed E-state index contributed by atoms with van der Waals surface area (Å²) in [5.74, 6) is -2.43. The third-order valence-corrected chi connectivity index (χ3v) is 9.24. The van der Waals surface area contributed by atoms with E-state index in [9.17, 15) is 27.6 Å². The largest absolute Gasteiger partial charge is 0.446 e. The number of nitrogens with zero attached hydrogens (tertiary/aromatic N) is 1. The highest BCUT2D eigenvalue weighted by molar-refractivity contribution is 7.90. The van der Waals surface area contributed by atoms with E-state index in [4.69, 9.17) is 4.74 Å². The zero-order valence-electron chi connectivity index (χ0n) is 22.1. The second-order valence-corrected chi connectivity index (χ2v) is 13.1. The van der Waals surface area contributed by atoms with Gasteiger partial charge in [-0.3, -0.25) is 19.1 Å². The van der Waals surface area contributed by atoms with Crippen molar-refractivity contribution >= 4 is 33.8 Å². The second kappa shape index (κ2) is 11.4. The first-order valence-corrected chi connectivity index (χ1v) is 14.6. The molecule has 4 atom stereocenters. The Morgan fingerprint density at radius 2 is 1.70 bits per heavy atom. The van der Waals surface area contributed by atoms with Crippen LogP contribution in [0.1, 0.15) is 72.6 Å².